The number of pyridine rings is 1. The quantitative estimate of drug-likeness (QED) is 0.794. The highest BCUT2D eigenvalue weighted by Gasteiger charge is 2.12. The van der Waals surface area contributed by atoms with E-state index in [-0.39, 0.29) is 11.4 Å². The number of carboxylic acids is 1. The fraction of sp³-hybridized carbons (Fsp3) is 0.0714. The first-order valence-corrected chi connectivity index (χ1v) is 5.78. The van der Waals surface area contributed by atoms with Crippen LogP contribution in [-0.4, -0.2) is 27.1 Å². The maximum absolute atomic E-state index is 12.0. The van der Waals surface area contributed by atoms with E-state index in [1.807, 2.05) is 0 Å². The van der Waals surface area contributed by atoms with Gasteiger partial charge in [0.2, 0.25) is 0 Å². The van der Waals surface area contributed by atoms with Crippen LogP contribution in [0.3, 0.4) is 0 Å². The van der Waals surface area contributed by atoms with Crippen molar-refractivity contribution in [2.75, 3.05) is 5.32 Å². The van der Waals surface area contributed by atoms with Crippen LogP contribution < -0.4 is 5.32 Å². The number of nitrogens with zero attached hydrogens (tertiary/aromatic N) is 1. The van der Waals surface area contributed by atoms with Crippen molar-refractivity contribution in [2.24, 2.45) is 0 Å². The van der Waals surface area contributed by atoms with Gasteiger partial charge >= 0.3 is 5.97 Å². The summed E-state index contributed by atoms with van der Waals surface area (Å²) in [5.74, 6) is -1.49. The molecule has 0 unspecified atom stereocenters. The number of aromatic nitrogens is 1. The summed E-state index contributed by atoms with van der Waals surface area (Å²) >= 11 is 0. The number of nitrogens with one attached hydrogen (secondary N) is 1. The number of carbonyl (C=O) groups excluding carboxylic acids is 1. The lowest BCUT2D eigenvalue weighted by molar-refractivity contribution is 0.0690. The van der Waals surface area contributed by atoms with Crippen molar-refractivity contribution in [3.63, 3.8) is 0 Å². The van der Waals surface area contributed by atoms with Gasteiger partial charge in [0.05, 0.1) is 11.9 Å². The number of phenols is 1. The van der Waals surface area contributed by atoms with Crippen LogP contribution in [0.5, 0.6) is 5.75 Å². The van der Waals surface area contributed by atoms with Gasteiger partial charge in [0.15, 0.2) is 0 Å². The van der Waals surface area contributed by atoms with Gasteiger partial charge in [0, 0.05) is 11.1 Å². The van der Waals surface area contributed by atoms with Gasteiger partial charge in [0.25, 0.3) is 5.91 Å². The second-order valence-corrected chi connectivity index (χ2v) is 4.14. The molecule has 0 radical (unpaired) electrons. The Labute approximate surface area is 114 Å². The normalized spacial score (nSPS) is 10.1. The van der Waals surface area contributed by atoms with Crippen molar-refractivity contribution in [3.8, 4) is 5.75 Å². The Morgan fingerprint density at radius 2 is 1.95 bits per heavy atom. The second-order valence-electron chi connectivity index (χ2n) is 4.14. The van der Waals surface area contributed by atoms with Crippen molar-refractivity contribution in [3.05, 3.63) is 53.3 Å². The van der Waals surface area contributed by atoms with Gasteiger partial charge in [-0.25, -0.2) is 9.78 Å². The highest BCUT2D eigenvalue weighted by Crippen LogP contribution is 2.20. The van der Waals surface area contributed by atoms with Crippen molar-refractivity contribution in [1.29, 1.82) is 0 Å². The molecule has 102 valence electrons. The third-order valence-electron chi connectivity index (χ3n) is 2.79. The van der Waals surface area contributed by atoms with Gasteiger partial charge in [-0.1, -0.05) is 6.07 Å². The predicted octanol–water partition coefficient (Wildman–Crippen LogP) is 2.05. The Balaban J connectivity index is 2.19. The maximum Gasteiger partial charge on any atom is 0.354 e. The van der Waals surface area contributed by atoms with Crippen LogP contribution in [0.2, 0.25) is 0 Å². The first-order valence-electron chi connectivity index (χ1n) is 5.78. The fourth-order valence-electron chi connectivity index (χ4n) is 1.66. The van der Waals surface area contributed by atoms with Crippen molar-refractivity contribution in [2.45, 2.75) is 6.92 Å². The molecule has 0 saturated heterocycles. The first-order chi connectivity index (χ1) is 9.49. The van der Waals surface area contributed by atoms with E-state index in [4.69, 9.17) is 5.11 Å². The summed E-state index contributed by atoms with van der Waals surface area (Å²) in [5, 5.41) is 20.9. The zero-order valence-corrected chi connectivity index (χ0v) is 10.6. The average Bonchev–Trinajstić information content (AvgIpc) is 2.42. The lowest BCUT2D eigenvalue weighted by Crippen LogP contribution is -2.14. The summed E-state index contributed by atoms with van der Waals surface area (Å²) in [5.41, 5.74) is 1.09. The molecule has 1 amide bonds. The number of benzene rings is 1. The Morgan fingerprint density at radius 3 is 2.55 bits per heavy atom. The van der Waals surface area contributed by atoms with Crippen LogP contribution in [0.15, 0.2) is 36.5 Å². The van der Waals surface area contributed by atoms with E-state index >= 15 is 0 Å². The van der Waals surface area contributed by atoms with E-state index in [0.717, 1.165) is 0 Å². The molecule has 0 aliphatic rings. The molecule has 2 rings (SSSR count). The number of phenolic OH excluding ortho intramolecular Hbond substituents is 1. The Bertz CT molecular complexity index is 665. The predicted molar refractivity (Wildman–Crippen MR) is 72.0 cm³/mol. The van der Waals surface area contributed by atoms with Gasteiger partial charge in [-0.3, -0.25) is 4.79 Å². The van der Waals surface area contributed by atoms with E-state index in [1.165, 1.54) is 24.4 Å². The zero-order chi connectivity index (χ0) is 14.7. The van der Waals surface area contributed by atoms with E-state index in [1.54, 1.807) is 19.1 Å². The van der Waals surface area contributed by atoms with Crippen molar-refractivity contribution in [1.82, 2.24) is 4.98 Å². The summed E-state index contributed by atoms with van der Waals surface area (Å²) < 4.78 is 0. The molecule has 20 heavy (non-hydrogen) atoms. The van der Waals surface area contributed by atoms with Crippen molar-refractivity contribution >= 4 is 17.6 Å². The third-order valence-corrected chi connectivity index (χ3v) is 2.79. The number of hydrogen-bond donors (Lipinski definition) is 3. The first kappa shape index (κ1) is 13.5. The van der Waals surface area contributed by atoms with Gasteiger partial charge in [-0.15, -0.1) is 0 Å². The number of aromatic hydroxyl groups is 1. The monoisotopic (exact) mass is 272 g/mol. The SMILES string of the molecule is Cc1c(O)cccc1C(=O)Nc1ccc(C(=O)O)nc1. The number of carboxylic acid groups (broad SMARTS) is 1. The van der Waals surface area contributed by atoms with Gasteiger partial charge < -0.3 is 15.5 Å². The van der Waals surface area contributed by atoms with Gasteiger partial charge in [-0.2, -0.15) is 0 Å². The highest BCUT2D eigenvalue weighted by molar-refractivity contribution is 6.05. The van der Waals surface area contributed by atoms with Crippen LogP contribution in [0.1, 0.15) is 26.4 Å². The minimum absolute atomic E-state index is 0.0389. The molecule has 0 aliphatic heterocycles. The minimum Gasteiger partial charge on any atom is -0.508 e. The summed E-state index contributed by atoms with van der Waals surface area (Å²) in [6.07, 6.45) is 1.26. The molecule has 0 atom stereocenters. The van der Waals surface area contributed by atoms with E-state index in [0.29, 0.717) is 16.8 Å². The number of carbonyl (C=O) groups is 2. The van der Waals surface area contributed by atoms with Crippen LogP contribution in [0.25, 0.3) is 0 Å². The lowest BCUT2D eigenvalue weighted by atomic mass is 10.1. The van der Waals surface area contributed by atoms with Crippen molar-refractivity contribution < 1.29 is 19.8 Å². The summed E-state index contributed by atoms with van der Waals surface area (Å²) in [6.45, 7) is 1.63. The van der Waals surface area contributed by atoms with Crippen LogP contribution in [0.4, 0.5) is 5.69 Å². The maximum atomic E-state index is 12.0. The van der Waals surface area contributed by atoms with E-state index < -0.39 is 11.9 Å². The molecule has 1 aromatic carbocycles. The van der Waals surface area contributed by atoms with Crippen LogP contribution in [0, 0.1) is 6.92 Å². The van der Waals surface area contributed by atoms with Crippen LogP contribution >= 0.6 is 0 Å². The number of anilines is 1. The second kappa shape index (κ2) is 5.40. The molecule has 1 aromatic heterocycles. The number of rotatable bonds is 3. The van der Waals surface area contributed by atoms with Gasteiger partial charge in [0.1, 0.15) is 11.4 Å². The number of aromatic carboxylic acids is 1. The lowest BCUT2D eigenvalue weighted by Gasteiger charge is -2.08. The van der Waals surface area contributed by atoms with Crippen LogP contribution in [-0.2, 0) is 0 Å². The number of amides is 1. The molecule has 0 fully saturated rings. The summed E-state index contributed by atoms with van der Waals surface area (Å²) in [6, 6.07) is 7.40. The third kappa shape index (κ3) is 2.74. The van der Waals surface area contributed by atoms with E-state index in [2.05, 4.69) is 10.3 Å². The zero-order valence-electron chi connectivity index (χ0n) is 10.6. The standard InChI is InChI=1S/C14H12N2O4/c1-8-10(3-2-4-12(8)17)13(18)16-9-5-6-11(14(19)20)15-7-9/h2-7,17H,1H3,(H,16,18)(H,19,20). The molecule has 1 heterocycles. The smallest absolute Gasteiger partial charge is 0.354 e. The molecule has 0 spiro atoms. The largest absolute Gasteiger partial charge is 0.508 e. The minimum atomic E-state index is -1.13. The topological polar surface area (TPSA) is 99.5 Å². The molecule has 3 N–H and O–H groups in total. The fourth-order valence-corrected chi connectivity index (χ4v) is 1.66. The molecule has 6 heteroatoms. The Kier molecular flexibility index (Phi) is 3.65. The molecule has 2 aromatic rings. The molecule has 0 aliphatic carbocycles. The molecular weight excluding hydrogens is 260 g/mol. The Morgan fingerprint density at radius 1 is 1.20 bits per heavy atom. The molecule has 6 nitrogen and oxygen atoms in total. The summed E-state index contributed by atoms with van der Waals surface area (Å²) in [7, 11) is 0. The van der Waals surface area contributed by atoms with E-state index in [9.17, 15) is 14.7 Å². The molecular formula is C14H12N2O4. The average molecular weight is 272 g/mol. The highest BCUT2D eigenvalue weighted by atomic mass is 16.4. The molecule has 0 saturated carbocycles. The number of hydrogen-bond acceptors (Lipinski definition) is 4. The summed E-state index contributed by atoms with van der Waals surface area (Å²) in [4.78, 5) is 26.4. The van der Waals surface area contributed by atoms with Gasteiger partial charge in [-0.05, 0) is 31.2 Å². The Hall–Kier alpha value is -2.89. The molecule has 0 bridgehead atoms.